The molecular weight excluding hydrogens is 308 g/mol. The first kappa shape index (κ1) is 16.1. The Balaban J connectivity index is 1.88. The Kier molecular flexibility index (Phi) is 5.19. The van der Waals surface area contributed by atoms with Gasteiger partial charge in [-0.25, -0.2) is 0 Å². The second-order valence-electron chi connectivity index (χ2n) is 4.65. The van der Waals surface area contributed by atoms with Crippen molar-refractivity contribution in [1.29, 1.82) is 0 Å². The normalized spacial score (nSPS) is 11.8. The van der Waals surface area contributed by atoms with Gasteiger partial charge in [-0.15, -0.1) is 0 Å². The summed E-state index contributed by atoms with van der Waals surface area (Å²) in [5.41, 5.74) is 1.24. The number of nitrogens with one attached hydrogen (secondary N) is 2. The molecule has 6 nitrogen and oxygen atoms in total. The second-order valence-corrected chi connectivity index (χ2v) is 5.09. The van der Waals surface area contributed by atoms with Crippen molar-refractivity contribution in [2.24, 2.45) is 0 Å². The van der Waals surface area contributed by atoms with Gasteiger partial charge in [-0.3, -0.25) is 9.59 Å². The van der Waals surface area contributed by atoms with Gasteiger partial charge in [-0.2, -0.15) is 0 Å². The molecule has 0 radical (unpaired) electrons. The summed E-state index contributed by atoms with van der Waals surface area (Å²) in [6.45, 7) is 1.64. The number of aryl methyl sites for hydroxylation is 1. The smallest absolute Gasteiger partial charge is 0.313 e. The topological polar surface area (TPSA) is 91.6 Å². The summed E-state index contributed by atoms with van der Waals surface area (Å²) in [5.74, 6) is -1.36. The minimum Gasteiger partial charge on any atom is -0.467 e. The molecule has 1 aromatic heterocycles. The van der Waals surface area contributed by atoms with Gasteiger partial charge >= 0.3 is 11.8 Å². The monoisotopic (exact) mass is 322 g/mol. The fourth-order valence-corrected chi connectivity index (χ4v) is 2.02. The number of hydrogen-bond acceptors (Lipinski definition) is 4. The van der Waals surface area contributed by atoms with Crippen molar-refractivity contribution >= 4 is 29.1 Å². The molecule has 1 atom stereocenters. The van der Waals surface area contributed by atoms with Crippen LogP contribution in [-0.4, -0.2) is 23.5 Å². The zero-order valence-electron chi connectivity index (χ0n) is 11.8. The Bertz CT molecular complexity index is 670. The first-order valence-electron chi connectivity index (χ1n) is 6.54. The van der Waals surface area contributed by atoms with Gasteiger partial charge in [0.1, 0.15) is 11.9 Å². The SMILES string of the molecule is Cc1cc(Cl)ccc1NC(=O)C(=O)NCC(O)c1ccco1. The molecule has 2 rings (SSSR count). The molecule has 116 valence electrons. The van der Waals surface area contributed by atoms with Gasteiger partial charge in [0.25, 0.3) is 0 Å². The molecule has 0 saturated heterocycles. The number of aliphatic hydroxyl groups is 1. The van der Waals surface area contributed by atoms with Crippen LogP contribution in [0, 0.1) is 6.92 Å². The molecule has 0 saturated carbocycles. The molecule has 7 heteroatoms. The molecule has 0 aliphatic carbocycles. The number of anilines is 1. The molecule has 0 aliphatic rings. The summed E-state index contributed by atoms with van der Waals surface area (Å²) in [6.07, 6.45) is 0.403. The van der Waals surface area contributed by atoms with Crippen LogP contribution in [0.1, 0.15) is 17.4 Å². The van der Waals surface area contributed by atoms with Crippen molar-refractivity contribution in [2.45, 2.75) is 13.0 Å². The number of hydrogen-bond donors (Lipinski definition) is 3. The number of furan rings is 1. The van der Waals surface area contributed by atoms with Gasteiger partial charge in [0.2, 0.25) is 0 Å². The number of carbonyl (C=O) groups is 2. The molecule has 1 heterocycles. The lowest BCUT2D eigenvalue weighted by molar-refractivity contribution is -0.136. The van der Waals surface area contributed by atoms with E-state index in [1.807, 2.05) is 0 Å². The average molecular weight is 323 g/mol. The van der Waals surface area contributed by atoms with E-state index >= 15 is 0 Å². The fraction of sp³-hybridized carbons (Fsp3) is 0.200. The first-order valence-corrected chi connectivity index (χ1v) is 6.92. The standard InChI is InChI=1S/C15H15ClN2O4/c1-9-7-10(16)4-5-11(9)18-15(21)14(20)17-8-12(19)13-3-2-6-22-13/h2-7,12,19H,8H2,1H3,(H,17,20)(H,18,21). The van der Waals surface area contributed by atoms with Gasteiger partial charge in [-0.1, -0.05) is 11.6 Å². The Labute approximate surface area is 132 Å². The van der Waals surface area contributed by atoms with Crippen molar-refractivity contribution in [3.63, 3.8) is 0 Å². The Morgan fingerprint density at radius 1 is 1.32 bits per heavy atom. The highest BCUT2D eigenvalue weighted by atomic mass is 35.5. The van der Waals surface area contributed by atoms with Gasteiger partial charge in [-0.05, 0) is 42.8 Å². The summed E-state index contributed by atoms with van der Waals surface area (Å²) < 4.78 is 5.00. The highest BCUT2D eigenvalue weighted by Gasteiger charge is 2.17. The van der Waals surface area contributed by atoms with E-state index in [9.17, 15) is 14.7 Å². The summed E-state index contributed by atoms with van der Waals surface area (Å²) in [7, 11) is 0. The number of rotatable bonds is 4. The van der Waals surface area contributed by atoms with Crippen LogP contribution in [-0.2, 0) is 9.59 Å². The van der Waals surface area contributed by atoms with Crippen molar-refractivity contribution in [1.82, 2.24) is 5.32 Å². The number of amides is 2. The van der Waals surface area contributed by atoms with Crippen LogP contribution in [0.25, 0.3) is 0 Å². The lowest BCUT2D eigenvalue weighted by Gasteiger charge is -2.11. The summed E-state index contributed by atoms with van der Waals surface area (Å²) >= 11 is 5.82. The molecular formula is C15H15ClN2O4. The molecule has 3 N–H and O–H groups in total. The molecule has 0 bridgehead atoms. The number of carbonyl (C=O) groups excluding carboxylic acids is 2. The maximum absolute atomic E-state index is 11.8. The van der Waals surface area contributed by atoms with Gasteiger partial charge in [0.05, 0.1) is 12.8 Å². The lowest BCUT2D eigenvalue weighted by Crippen LogP contribution is -2.37. The molecule has 22 heavy (non-hydrogen) atoms. The summed E-state index contributed by atoms with van der Waals surface area (Å²) in [4.78, 5) is 23.5. The predicted octanol–water partition coefficient (Wildman–Crippen LogP) is 2.03. The number of benzene rings is 1. The third-order valence-corrected chi connectivity index (χ3v) is 3.21. The van der Waals surface area contributed by atoms with Gasteiger partial charge in [0, 0.05) is 10.7 Å². The Hall–Kier alpha value is -2.31. The quantitative estimate of drug-likeness (QED) is 0.751. The van der Waals surface area contributed by atoms with Gasteiger partial charge in [0.15, 0.2) is 0 Å². The zero-order chi connectivity index (χ0) is 16.1. The molecule has 0 fully saturated rings. The first-order chi connectivity index (χ1) is 10.5. The minimum atomic E-state index is -1.01. The van der Waals surface area contributed by atoms with Crippen molar-refractivity contribution in [3.8, 4) is 0 Å². The second kappa shape index (κ2) is 7.11. The zero-order valence-corrected chi connectivity index (χ0v) is 12.6. The number of halogens is 1. The van der Waals surface area contributed by atoms with Gasteiger partial charge < -0.3 is 20.2 Å². The molecule has 2 aromatic rings. The lowest BCUT2D eigenvalue weighted by atomic mass is 10.2. The van der Waals surface area contributed by atoms with E-state index in [0.29, 0.717) is 16.5 Å². The van der Waals surface area contributed by atoms with E-state index in [4.69, 9.17) is 16.0 Å². The molecule has 1 unspecified atom stereocenters. The third-order valence-electron chi connectivity index (χ3n) is 2.97. The van der Waals surface area contributed by atoms with Crippen molar-refractivity contribution < 1.29 is 19.1 Å². The average Bonchev–Trinajstić information content (AvgIpc) is 3.01. The van der Waals surface area contributed by atoms with E-state index in [2.05, 4.69) is 10.6 Å². The fourth-order valence-electron chi connectivity index (χ4n) is 1.80. The van der Waals surface area contributed by atoms with Crippen LogP contribution in [0.5, 0.6) is 0 Å². The Morgan fingerprint density at radius 2 is 2.09 bits per heavy atom. The van der Waals surface area contributed by atoms with E-state index in [1.54, 1.807) is 37.3 Å². The minimum absolute atomic E-state index is 0.126. The van der Waals surface area contributed by atoms with Crippen LogP contribution in [0.15, 0.2) is 41.0 Å². The van der Waals surface area contributed by atoms with Crippen LogP contribution >= 0.6 is 11.6 Å². The maximum atomic E-state index is 11.8. The number of aliphatic hydroxyl groups excluding tert-OH is 1. The van der Waals surface area contributed by atoms with E-state index in [0.717, 1.165) is 5.56 Å². The summed E-state index contributed by atoms with van der Waals surface area (Å²) in [6, 6.07) is 8.10. The molecule has 0 spiro atoms. The van der Waals surface area contributed by atoms with Crippen LogP contribution in [0.4, 0.5) is 5.69 Å². The maximum Gasteiger partial charge on any atom is 0.313 e. The summed E-state index contributed by atoms with van der Waals surface area (Å²) in [5, 5.41) is 15.1. The van der Waals surface area contributed by atoms with Crippen molar-refractivity contribution in [3.05, 3.63) is 52.9 Å². The predicted molar refractivity (Wildman–Crippen MR) is 81.5 cm³/mol. The van der Waals surface area contributed by atoms with Crippen LogP contribution in [0.3, 0.4) is 0 Å². The van der Waals surface area contributed by atoms with Crippen LogP contribution in [0.2, 0.25) is 5.02 Å². The highest BCUT2D eigenvalue weighted by Crippen LogP contribution is 2.19. The molecule has 0 aliphatic heterocycles. The largest absolute Gasteiger partial charge is 0.467 e. The van der Waals surface area contributed by atoms with Crippen LogP contribution < -0.4 is 10.6 Å². The van der Waals surface area contributed by atoms with Crippen molar-refractivity contribution in [2.75, 3.05) is 11.9 Å². The van der Waals surface area contributed by atoms with E-state index in [-0.39, 0.29) is 6.54 Å². The molecule has 1 aromatic carbocycles. The Morgan fingerprint density at radius 3 is 2.73 bits per heavy atom. The third kappa shape index (κ3) is 4.09. The highest BCUT2D eigenvalue weighted by molar-refractivity contribution is 6.39. The van der Waals surface area contributed by atoms with E-state index < -0.39 is 17.9 Å². The van der Waals surface area contributed by atoms with E-state index in [1.165, 1.54) is 6.26 Å². The molecule has 2 amide bonds.